The predicted octanol–water partition coefficient (Wildman–Crippen LogP) is 1.32. The molecule has 1 heterocycles. The van der Waals surface area contributed by atoms with Gasteiger partial charge in [0.15, 0.2) is 17.3 Å². The Labute approximate surface area is 121 Å². The molecular formula is C14H15N4O3-. The van der Waals surface area contributed by atoms with Crippen LogP contribution in [0.4, 0.5) is 11.5 Å². The quantitative estimate of drug-likeness (QED) is 0.774. The van der Waals surface area contributed by atoms with Gasteiger partial charge in [-0.05, 0) is 13.8 Å². The smallest absolute Gasteiger partial charge is 0.356 e. The normalized spacial score (nSPS) is 10.6. The van der Waals surface area contributed by atoms with Crippen LogP contribution in [0.15, 0.2) is 24.3 Å². The third-order valence-electron chi connectivity index (χ3n) is 2.67. The van der Waals surface area contributed by atoms with Crippen molar-refractivity contribution in [2.45, 2.75) is 19.9 Å². The monoisotopic (exact) mass is 287 g/mol. The summed E-state index contributed by atoms with van der Waals surface area (Å²) in [7, 11) is 0. The molecule has 1 aromatic carbocycles. The van der Waals surface area contributed by atoms with Gasteiger partial charge in [-0.2, -0.15) is 0 Å². The van der Waals surface area contributed by atoms with Gasteiger partial charge in [0, 0.05) is 11.6 Å². The lowest BCUT2D eigenvalue weighted by molar-refractivity contribution is -0.268. The second-order valence-electron chi connectivity index (χ2n) is 4.79. The van der Waals surface area contributed by atoms with Crippen molar-refractivity contribution in [1.82, 2.24) is 9.97 Å². The molecule has 110 valence electrons. The summed E-state index contributed by atoms with van der Waals surface area (Å²) >= 11 is 0. The number of rotatable bonds is 4. The van der Waals surface area contributed by atoms with Crippen molar-refractivity contribution in [1.29, 1.82) is 0 Å². The van der Waals surface area contributed by atoms with Crippen LogP contribution < -0.4 is 16.2 Å². The first-order valence-electron chi connectivity index (χ1n) is 6.33. The van der Waals surface area contributed by atoms with Gasteiger partial charge in [0.2, 0.25) is 0 Å². The molecule has 0 amide bonds. The van der Waals surface area contributed by atoms with Gasteiger partial charge in [0.1, 0.15) is 5.69 Å². The van der Waals surface area contributed by atoms with Gasteiger partial charge in [0.05, 0.1) is 0 Å². The van der Waals surface area contributed by atoms with Crippen LogP contribution in [0.25, 0.3) is 11.4 Å². The first kappa shape index (κ1) is 14.6. The van der Waals surface area contributed by atoms with Crippen molar-refractivity contribution >= 4 is 17.5 Å². The third kappa shape index (κ3) is 3.19. The Morgan fingerprint density at radius 1 is 1.38 bits per heavy atom. The maximum Gasteiger partial charge on any atom is 0.356 e. The molecular weight excluding hydrogens is 272 g/mol. The minimum Gasteiger partial charge on any atom is -0.872 e. The number of carbonyl (C=O) groups is 1. The van der Waals surface area contributed by atoms with Gasteiger partial charge in [0.25, 0.3) is 0 Å². The molecule has 0 atom stereocenters. The zero-order valence-corrected chi connectivity index (χ0v) is 11.6. The van der Waals surface area contributed by atoms with E-state index in [0.717, 1.165) is 0 Å². The molecule has 2 aromatic rings. The van der Waals surface area contributed by atoms with Gasteiger partial charge in [-0.15, -0.1) is 5.75 Å². The van der Waals surface area contributed by atoms with Crippen molar-refractivity contribution in [3.63, 3.8) is 0 Å². The first-order chi connectivity index (χ1) is 9.88. The summed E-state index contributed by atoms with van der Waals surface area (Å²) in [5.74, 6) is -1.07. The number of benzene rings is 1. The Morgan fingerprint density at radius 3 is 2.67 bits per heavy atom. The fraction of sp³-hybridized carbons (Fsp3) is 0.214. The largest absolute Gasteiger partial charge is 0.872 e. The number of nitrogens with two attached hydrogens (primary N) is 1. The van der Waals surface area contributed by atoms with E-state index in [4.69, 9.17) is 5.73 Å². The number of nitrogen functional groups attached to an aromatic ring is 1. The predicted molar refractivity (Wildman–Crippen MR) is 77.0 cm³/mol. The van der Waals surface area contributed by atoms with Crippen molar-refractivity contribution in [3.05, 3.63) is 30.0 Å². The first-order valence-corrected chi connectivity index (χ1v) is 6.33. The van der Waals surface area contributed by atoms with Crippen molar-refractivity contribution in [2.75, 3.05) is 11.1 Å². The second-order valence-corrected chi connectivity index (χ2v) is 4.79. The molecule has 0 aliphatic rings. The van der Waals surface area contributed by atoms with Gasteiger partial charge < -0.3 is 21.3 Å². The molecule has 1 aromatic heterocycles. The van der Waals surface area contributed by atoms with E-state index in [1.165, 1.54) is 12.1 Å². The van der Waals surface area contributed by atoms with E-state index >= 15 is 0 Å². The summed E-state index contributed by atoms with van der Waals surface area (Å²) in [6.45, 7) is 3.75. The number of hydrogen-bond donors (Lipinski definition) is 3. The standard InChI is InChI=1S/C14H16N4O3/c1-7(2)16-13-10(15)11(14(20)21)17-12(18-13)8-4-3-5-9(19)6-8/h3-7,19H,15H2,1-2H3,(H,20,21)(H,16,17,18)/p-1. The van der Waals surface area contributed by atoms with Crippen LogP contribution in [-0.4, -0.2) is 27.1 Å². The number of carboxylic acid groups (broad SMARTS) is 1. The molecule has 7 nitrogen and oxygen atoms in total. The molecule has 0 saturated carbocycles. The minimum atomic E-state index is -1.25. The Balaban J connectivity index is 2.61. The van der Waals surface area contributed by atoms with E-state index in [1.54, 1.807) is 12.1 Å². The van der Waals surface area contributed by atoms with Crippen LogP contribution in [0.1, 0.15) is 24.3 Å². The highest BCUT2D eigenvalue weighted by Crippen LogP contribution is 2.26. The molecule has 2 rings (SSSR count). The Morgan fingerprint density at radius 2 is 2.10 bits per heavy atom. The number of hydrogen-bond acceptors (Lipinski definition) is 6. The minimum absolute atomic E-state index is 0.0162. The fourth-order valence-corrected chi connectivity index (χ4v) is 1.78. The van der Waals surface area contributed by atoms with E-state index in [0.29, 0.717) is 5.56 Å². The summed E-state index contributed by atoms with van der Waals surface area (Å²) in [5, 5.41) is 23.6. The third-order valence-corrected chi connectivity index (χ3v) is 2.67. The summed E-state index contributed by atoms with van der Waals surface area (Å²) in [6, 6.07) is 5.95. The molecule has 0 spiro atoms. The van der Waals surface area contributed by atoms with Crippen LogP contribution in [-0.2, 0) is 0 Å². The van der Waals surface area contributed by atoms with E-state index in [-0.39, 0.29) is 34.8 Å². The molecule has 7 heteroatoms. The second kappa shape index (κ2) is 5.66. The number of nitrogens with one attached hydrogen (secondary N) is 1. The topological polar surface area (TPSA) is 124 Å². The molecule has 0 radical (unpaired) electrons. The average Bonchev–Trinajstić information content (AvgIpc) is 2.40. The lowest BCUT2D eigenvalue weighted by Gasteiger charge is -2.15. The highest BCUT2D eigenvalue weighted by molar-refractivity contribution is 5.95. The van der Waals surface area contributed by atoms with Crippen molar-refractivity contribution in [3.8, 4) is 17.1 Å². The van der Waals surface area contributed by atoms with Crippen LogP contribution in [0, 0.1) is 0 Å². The molecule has 21 heavy (non-hydrogen) atoms. The van der Waals surface area contributed by atoms with Crippen molar-refractivity contribution < 1.29 is 15.0 Å². The SMILES string of the molecule is CC(C)Nc1nc(-c2cccc([O-])c2)nc(C(=O)O)c1N. The van der Waals surface area contributed by atoms with E-state index in [2.05, 4.69) is 15.3 Å². The van der Waals surface area contributed by atoms with Crippen LogP contribution in [0.2, 0.25) is 0 Å². The highest BCUT2D eigenvalue weighted by atomic mass is 16.4. The summed E-state index contributed by atoms with van der Waals surface area (Å²) < 4.78 is 0. The van der Waals surface area contributed by atoms with Crippen molar-refractivity contribution in [2.24, 2.45) is 0 Å². The van der Waals surface area contributed by atoms with Gasteiger partial charge >= 0.3 is 5.97 Å². The fourth-order valence-electron chi connectivity index (χ4n) is 1.78. The summed E-state index contributed by atoms with van der Waals surface area (Å²) in [6.07, 6.45) is 0. The average molecular weight is 287 g/mol. The highest BCUT2D eigenvalue weighted by Gasteiger charge is 2.18. The van der Waals surface area contributed by atoms with E-state index in [1.807, 2.05) is 13.8 Å². The Bertz CT molecular complexity index is 686. The molecule has 4 N–H and O–H groups in total. The lowest BCUT2D eigenvalue weighted by atomic mass is 10.2. The Hall–Kier alpha value is -2.83. The Kier molecular flexibility index (Phi) is 3.93. The van der Waals surface area contributed by atoms with Crippen LogP contribution in [0.3, 0.4) is 0 Å². The van der Waals surface area contributed by atoms with E-state index in [9.17, 15) is 15.0 Å². The zero-order valence-electron chi connectivity index (χ0n) is 11.6. The molecule has 0 saturated heterocycles. The molecule has 0 aliphatic heterocycles. The van der Waals surface area contributed by atoms with Gasteiger partial charge in [-0.1, -0.05) is 24.3 Å². The number of aromatic nitrogens is 2. The number of nitrogens with zero attached hydrogens (tertiary/aromatic N) is 2. The summed E-state index contributed by atoms with van der Waals surface area (Å²) in [4.78, 5) is 19.4. The number of aromatic carboxylic acids is 1. The molecule has 0 aliphatic carbocycles. The molecule has 0 unspecified atom stereocenters. The van der Waals surface area contributed by atoms with Crippen LogP contribution >= 0.6 is 0 Å². The number of carboxylic acids is 1. The van der Waals surface area contributed by atoms with E-state index < -0.39 is 5.97 Å². The maximum absolute atomic E-state index is 11.4. The maximum atomic E-state index is 11.4. The number of anilines is 2. The molecule has 0 fully saturated rings. The molecule has 0 bridgehead atoms. The van der Waals surface area contributed by atoms with Gasteiger partial charge in [-0.25, -0.2) is 14.8 Å². The lowest BCUT2D eigenvalue weighted by Crippen LogP contribution is -2.17. The summed E-state index contributed by atoms with van der Waals surface area (Å²) in [5.41, 5.74) is 5.90. The van der Waals surface area contributed by atoms with Crippen LogP contribution in [0.5, 0.6) is 5.75 Å². The van der Waals surface area contributed by atoms with Gasteiger partial charge in [-0.3, -0.25) is 0 Å². The zero-order chi connectivity index (χ0) is 15.6.